The normalized spacial score (nSPS) is 16.0. The molecule has 0 aliphatic carbocycles. The van der Waals surface area contributed by atoms with Crippen molar-refractivity contribution in [1.82, 2.24) is 10.3 Å². The molecule has 1 unspecified atom stereocenters. The van der Waals surface area contributed by atoms with Crippen molar-refractivity contribution in [2.45, 2.75) is 32.3 Å². The van der Waals surface area contributed by atoms with Crippen molar-refractivity contribution in [2.75, 3.05) is 18.4 Å². The van der Waals surface area contributed by atoms with E-state index in [1.807, 2.05) is 24.3 Å². The minimum absolute atomic E-state index is 0.0306. The van der Waals surface area contributed by atoms with Gasteiger partial charge < -0.3 is 19.8 Å². The van der Waals surface area contributed by atoms with E-state index in [0.717, 1.165) is 31.6 Å². The van der Waals surface area contributed by atoms with E-state index in [0.29, 0.717) is 29.4 Å². The SMILES string of the molecule is Cc1cc(C2CCCNC2)oc(=O)c1C(=O)Nc1ccc(OCc2ccccn2)cc1. The highest BCUT2D eigenvalue weighted by atomic mass is 16.5. The van der Waals surface area contributed by atoms with Gasteiger partial charge in [0.25, 0.3) is 5.91 Å². The Labute approximate surface area is 180 Å². The minimum Gasteiger partial charge on any atom is -0.487 e. The summed E-state index contributed by atoms with van der Waals surface area (Å²) in [4.78, 5) is 29.5. The molecule has 3 heterocycles. The predicted molar refractivity (Wildman–Crippen MR) is 118 cm³/mol. The lowest BCUT2D eigenvalue weighted by molar-refractivity contribution is 0.102. The molecule has 3 aromatic rings. The number of benzene rings is 1. The smallest absolute Gasteiger partial charge is 0.349 e. The van der Waals surface area contributed by atoms with E-state index in [4.69, 9.17) is 9.15 Å². The van der Waals surface area contributed by atoms with Gasteiger partial charge in [-0.3, -0.25) is 9.78 Å². The zero-order chi connectivity index (χ0) is 21.6. The molecule has 0 bridgehead atoms. The summed E-state index contributed by atoms with van der Waals surface area (Å²) in [7, 11) is 0. The van der Waals surface area contributed by atoms with Crippen LogP contribution in [0.3, 0.4) is 0 Å². The predicted octanol–water partition coefficient (Wildman–Crippen LogP) is 3.64. The Balaban J connectivity index is 1.41. The van der Waals surface area contributed by atoms with Gasteiger partial charge in [0.2, 0.25) is 0 Å². The second-order valence-electron chi connectivity index (χ2n) is 7.63. The Morgan fingerprint density at radius 3 is 2.77 bits per heavy atom. The number of carbonyl (C=O) groups excluding carboxylic acids is 1. The molecular formula is C24H25N3O4. The summed E-state index contributed by atoms with van der Waals surface area (Å²) >= 11 is 0. The number of amides is 1. The summed E-state index contributed by atoms with van der Waals surface area (Å²) in [6.45, 7) is 3.88. The number of pyridine rings is 1. The van der Waals surface area contributed by atoms with Gasteiger partial charge in [0.05, 0.1) is 5.69 Å². The average Bonchev–Trinajstić information content (AvgIpc) is 2.79. The van der Waals surface area contributed by atoms with Gasteiger partial charge in [0.15, 0.2) is 0 Å². The molecule has 1 aliphatic rings. The van der Waals surface area contributed by atoms with Gasteiger partial charge in [-0.1, -0.05) is 6.07 Å². The third kappa shape index (κ3) is 5.19. The van der Waals surface area contributed by atoms with E-state index >= 15 is 0 Å². The first-order valence-electron chi connectivity index (χ1n) is 10.4. The van der Waals surface area contributed by atoms with Gasteiger partial charge in [0, 0.05) is 24.3 Å². The largest absolute Gasteiger partial charge is 0.487 e. The fourth-order valence-corrected chi connectivity index (χ4v) is 3.67. The summed E-state index contributed by atoms with van der Waals surface area (Å²) in [6, 6.07) is 14.4. The Kier molecular flexibility index (Phi) is 6.43. The summed E-state index contributed by atoms with van der Waals surface area (Å²) in [6.07, 6.45) is 3.72. The first-order chi connectivity index (χ1) is 15.1. The van der Waals surface area contributed by atoms with E-state index in [1.165, 1.54) is 0 Å². The molecule has 4 rings (SSSR count). The number of aryl methyl sites for hydroxylation is 1. The van der Waals surface area contributed by atoms with Crippen molar-refractivity contribution in [1.29, 1.82) is 0 Å². The lowest BCUT2D eigenvalue weighted by Gasteiger charge is -2.22. The van der Waals surface area contributed by atoms with Crippen molar-refractivity contribution < 1.29 is 13.9 Å². The van der Waals surface area contributed by atoms with Crippen LogP contribution < -0.4 is 21.0 Å². The van der Waals surface area contributed by atoms with E-state index in [9.17, 15) is 9.59 Å². The van der Waals surface area contributed by atoms with Crippen molar-refractivity contribution in [3.05, 3.63) is 87.7 Å². The second kappa shape index (κ2) is 9.57. The van der Waals surface area contributed by atoms with Crippen molar-refractivity contribution >= 4 is 11.6 Å². The van der Waals surface area contributed by atoms with Crippen molar-refractivity contribution in [3.8, 4) is 5.75 Å². The number of carbonyl (C=O) groups is 1. The Morgan fingerprint density at radius 1 is 1.26 bits per heavy atom. The number of aromatic nitrogens is 1. The van der Waals surface area contributed by atoms with Gasteiger partial charge in [-0.2, -0.15) is 0 Å². The Morgan fingerprint density at radius 2 is 2.10 bits per heavy atom. The van der Waals surface area contributed by atoms with Crippen LogP contribution in [0.5, 0.6) is 5.75 Å². The maximum atomic E-state index is 12.7. The lowest BCUT2D eigenvalue weighted by atomic mass is 9.95. The number of rotatable bonds is 6. The zero-order valence-corrected chi connectivity index (χ0v) is 17.4. The van der Waals surface area contributed by atoms with Crippen LogP contribution in [0.25, 0.3) is 0 Å². The molecule has 7 nitrogen and oxygen atoms in total. The highest BCUT2D eigenvalue weighted by Gasteiger charge is 2.22. The number of hydrogen-bond acceptors (Lipinski definition) is 6. The number of anilines is 1. The quantitative estimate of drug-likeness (QED) is 0.634. The van der Waals surface area contributed by atoms with Crippen LogP contribution in [-0.4, -0.2) is 24.0 Å². The molecule has 7 heteroatoms. The molecule has 1 amide bonds. The molecule has 1 aromatic carbocycles. The fraction of sp³-hybridized carbons (Fsp3) is 0.292. The average molecular weight is 419 g/mol. The van der Waals surface area contributed by atoms with Crippen LogP contribution in [0, 0.1) is 6.92 Å². The van der Waals surface area contributed by atoms with Crippen molar-refractivity contribution in [2.24, 2.45) is 0 Å². The number of piperidine rings is 1. The summed E-state index contributed by atoms with van der Waals surface area (Å²) in [5.74, 6) is 0.975. The number of nitrogens with zero attached hydrogens (tertiary/aromatic N) is 1. The van der Waals surface area contributed by atoms with Crippen molar-refractivity contribution in [3.63, 3.8) is 0 Å². The van der Waals surface area contributed by atoms with Gasteiger partial charge in [-0.25, -0.2) is 4.79 Å². The van der Waals surface area contributed by atoms with Crippen LogP contribution in [0.2, 0.25) is 0 Å². The Hall–Kier alpha value is -3.45. The molecule has 1 atom stereocenters. The van der Waals surface area contributed by atoms with Crippen LogP contribution in [0.1, 0.15) is 46.1 Å². The first kappa shape index (κ1) is 20.8. The molecule has 31 heavy (non-hydrogen) atoms. The van der Waals surface area contributed by atoms with E-state index < -0.39 is 11.5 Å². The van der Waals surface area contributed by atoms with Crippen LogP contribution in [-0.2, 0) is 6.61 Å². The molecule has 1 fully saturated rings. The highest BCUT2D eigenvalue weighted by molar-refractivity contribution is 6.04. The monoisotopic (exact) mass is 419 g/mol. The summed E-state index contributed by atoms with van der Waals surface area (Å²) < 4.78 is 11.2. The summed E-state index contributed by atoms with van der Waals surface area (Å²) in [5, 5.41) is 6.07. The topological polar surface area (TPSA) is 93.5 Å². The molecule has 0 radical (unpaired) electrons. The number of ether oxygens (including phenoxy) is 1. The minimum atomic E-state index is -0.603. The van der Waals surface area contributed by atoms with Crippen LogP contribution >= 0.6 is 0 Å². The molecule has 1 aliphatic heterocycles. The van der Waals surface area contributed by atoms with Gasteiger partial charge in [-0.15, -0.1) is 0 Å². The molecular weight excluding hydrogens is 394 g/mol. The summed E-state index contributed by atoms with van der Waals surface area (Å²) in [5.41, 5.74) is 1.44. The molecule has 2 aromatic heterocycles. The molecule has 0 spiro atoms. The molecule has 160 valence electrons. The van der Waals surface area contributed by atoms with E-state index in [-0.39, 0.29) is 11.5 Å². The van der Waals surface area contributed by atoms with Crippen LogP contribution in [0.4, 0.5) is 5.69 Å². The van der Waals surface area contributed by atoms with Gasteiger partial charge in [-0.05, 0) is 74.3 Å². The second-order valence-corrected chi connectivity index (χ2v) is 7.63. The molecule has 2 N–H and O–H groups in total. The Bertz CT molecular complexity index is 1090. The number of nitrogens with one attached hydrogen (secondary N) is 2. The van der Waals surface area contributed by atoms with Crippen LogP contribution in [0.15, 0.2) is 63.9 Å². The first-order valence-corrected chi connectivity index (χ1v) is 10.4. The fourth-order valence-electron chi connectivity index (χ4n) is 3.67. The third-order valence-corrected chi connectivity index (χ3v) is 5.32. The lowest BCUT2D eigenvalue weighted by Crippen LogP contribution is -2.30. The van der Waals surface area contributed by atoms with E-state index in [2.05, 4.69) is 15.6 Å². The van der Waals surface area contributed by atoms with Gasteiger partial charge >= 0.3 is 5.63 Å². The molecule has 1 saturated heterocycles. The molecule has 0 saturated carbocycles. The highest BCUT2D eigenvalue weighted by Crippen LogP contribution is 2.24. The van der Waals surface area contributed by atoms with Gasteiger partial charge in [0.1, 0.15) is 23.7 Å². The number of hydrogen-bond donors (Lipinski definition) is 2. The third-order valence-electron chi connectivity index (χ3n) is 5.32. The standard InChI is InChI=1S/C24H25N3O4/c1-16-13-21(17-5-4-11-25-14-17)31-24(29)22(16)23(28)27-18-7-9-20(10-8-18)30-15-19-6-2-3-12-26-19/h2-3,6-10,12-13,17,25H,4-5,11,14-15H2,1H3,(H,27,28). The maximum Gasteiger partial charge on any atom is 0.349 e. The zero-order valence-electron chi connectivity index (χ0n) is 17.4. The van der Waals surface area contributed by atoms with E-state index in [1.54, 1.807) is 37.4 Å². The maximum absolute atomic E-state index is 12.7.